The van der Waals surface area contributed by atoms with Crippen LogP contribution in [0.5, 0.6) is 0 Å². The molecule has 0 aromatic carbocycles. The third-order valence-corrected chi connectivity index (χ3v) is 9.78. The normalized spacial score (nSPS) is 35.9. The molecule has 1 aliphatic heterocycles. The number of ketones is 1. The number of thiazole rings is 1. The van der Waals surface area contributed by atoms with Crippen molar-refractivity contribution in [1.29, 1.82) is 0 Å². The summed E-state index contributed by atoms with van der Waals surface area (Å²) in [6.45, 7) is 12.7. The lowest BCUT2D eigenvalue weighted by Crippen LogP contribution is -2.48. The first-order chi connectivity index (χ1) is 16.6. The van der Waals surface area contributed by atoms with Crippen LogP contribution in [0.25, 0.3) is 6.08 Å². The van der Waals surface area contributed by atoms with Crippen LogP contribution in [-0.4, -0.2) is 59.8 Å². The van der Waals surface area contributed by atoms with Gasteiger partial charge in [0.2, 0.25) is 5.91 Å². The predicted molar refractivity (Wildman–Crippen MR) is 153 cm³/mol. The second kappa shape index (κ2) is 12.8. The molecule has 1 aromatic rings. The fourth-order valence-corrected chi connectivity index (χ4v) is 6.00. The van der Waals surface area contributed by atoms with Crippen LogP contribution in [-0.2, 0) is 9.59 Å². The molecule has 204 valence electrons. The van der Waals surface area contributed by atoms with Crippen molar-refractivity contribution in [3.05, 3.63) is 21.7 Å². The van der Waals surface area contributed by atoms with Crippen LogP contribution in [0, 0.1) is 24.2 Å². The highest BCUT2D eigenvalue weighted by Crippen LogP contribution is 2.35. The van der Waals surface area contributed by atoms with E-state index >= 15 is 0 Å². The number of aryl methyl sites for hydroxylation is 1. The van der Waals surface area contributed by atoms with Crippen molar-refractivity contribution < 1.29 is 24.9 Å². The Bertz CT molecular complexity index is 944. The molecule has 1 fully saturated rings. The molecule has 1 amide bonds. The lowest BCUT2D eigenvalue weighted by Gasteiger charge is -2.36. The topological polar surface area (TPSA) is 120 Å². The minimum Gasteiger partial charge on any atom is -0.392 e. The van der Waals surface area contributed by atoms with Crippen LogP contribution in [0.15, 0.2) is 11.0 Å². The van der Waals surface area contributed by atoms with Crippen molar-refractivity contribution >= 4 is 51.7 Å². The summed E-state index contributed by atoms with van der Waals surface area (Å²) in [7, 11) is 0. The number of halogens is 1. The van der Waals surface area contributed by atoms with Crippen molar-refractivity contribution in [3.63, 3.8) is 0 Å². The van der Waals surface area contributed by atoms with Gasteiger partial charge in [0.1, 0.15) is 5.78 Å². The van der Waals surface area contributed by atoms with Crippen molar-refractivity contribution in [1.82, 2.24) is 10.3 Å². The highest BCUT2D eigenvalue weighted by molar-refractivity contribution is 14.1. The molecule has 0 aliphatic carbocycles. The monoisotopic (exact) mass is 634 g/mol. The van der Waals surface area contributed by atoms with E-state index < -0.39 is 45.0 Å². The van der Waals surface area contributed by atoms with E-state index in [0.717, 1.165) is 35.5 Å². The smallest absolute Gasteiger partial charge is 0.223 e. The summed E-state index contributed by atoms with van der Waals surface area (Å²) < 4.78 is -0.442. The van der Waals surface area contributed by atoms with Gasteiger partial charge in [-0.25, -0.2) is 4.98 Å². The van der Waals surface area contributed by atoms with Gasteiger partial charge in [0.05, 0.1) is 46.9 Å². The predicted octanol–water partition coefficient (Wildman–Crippen LogP) is 4.45. The highest BCUT2D eigenvalue weighted by Gasteiger charge is 2.42. The standard InChI is InChI=1S/C27H43IN2O5S/c1-15-9-8-10-27(7,28)22(32)12-20(16(2)11-19-14-36-18(4)29-19)30-23(33)13-21(31)26(5,6)25(35)17(3)24(15)34/h11,14-15,17,20-22,24,31-32,34H,8-10,12-13H2,1-7H3,(H,30,33)/b16-11+/t15-,17+,20-,21-,22-,24-,27+/m0/s1. The number of aliphatic hydroxyl groups is 3. The summed E-state index contributed by atoms with van der Waals surface area (Å²) in [5.74, 6) is -1.44. The van der Waals surface area contributed by atoms with Crippen LogP contribution in [0.1, 0.15) is 84.3 Å². The maximum Gasteiger partial charge on any atom is 0.223 e. The first kappa shape index (κ1) is 31.3. The molecule has 1 saturated heterocycles. The first-order valence-corrected chi connectivity index (χ1v) is 14.7. The molecule has 4 N–H and O–H groups in total. The van der Waals surface area contributed by atoms with Gasteiger partial charge in [-0.2, -0.15) is 0 Å². The third kappa shape index (κ3) is 8.06. The molecule has 9 heteroatoms. The molecule has 7 nitrogen and oxygen atoms in total. The number of aromatic nitrogens is 1. The van der Waals surface area contributed by atoms with Crippen LogP contribution in [0.2, 0.25) is 0 Å². The Morgan fingerprint density at radius 3 is 2.42 bits per heavy atom. The van der Waals surface area contributed by atoms with E-state index in [1.165, 1.54) is 0 Å². The van der Waals surface area contributed by atoms with E-state index in [4.69, 9.17) is 0 Å². The minimum absolute atomic E-state index is 0.114. The molecular weight excluding hydrogens is 591 g/mol. The number of carbonyl (C=O) groups excluding carboxylic acids is 2. The molecule has 1 aliphatic rings. The molecule has 0 unspecified atom stereocenters. The maximum atomic E-state index is 13.3. The average Bonchev–Trinajstić information content (AvgIpc) is 3.20. The summed E-state index contributed by atoms with van der Waals surface area (Å²) in [5.41, 5.74) is 0.459. The molecular formula is C27H43IN2O5S. The van der Waals surface area contributed by atoms with Gasteiger partial charge in [-0.05, 0) is 57.6 Å². The number of rotatable bonds is 2. The van der Waals surface area contributed by atoms with Gasteiger partial charge in [0.25, 0.3) is 0 Å². The first-order valence-electron chi connectivity index (χ1n) is 12.7. The molecule has 1 aromatic heterocycles. The summed E-state index contributed by atoms with van der Waals surface area (Å²) in [4.78, 5) is 30.8. The minimum atomic E-state index is -1.21. The number of nitrogens with one attached hydrogen (secondary N) is 1. The zero-order valence-electron chi connectivity index (χ0n) is 22.5. The maximum absolute atomic E-state index is 13.3. The molecule has 2 heterocycles. The fraction of sp³-hybridized carbons (Fsp3) is 0.741. The lowest BCUT2D eigenvalue weighted by molar-refractivity contribution is -0.143. The second-order valence-corrected chi connectivity index (χ2v) is 14.8. The summed E-state index contributed by atoms with van der Waals surface area (Å²) in [6.07, 6.45) is 1.45. The zero-order chi connectivity index (χ0) is 27.4. The number of carbonyl (C=O) groups is 2. The zero-order valence-corrected chi connectivity index (χ0v) is 25.5. The number of alkyl halides is 1. The van der Waals surface area contributed by atoms with E-state index in [1.807, 2.05) is 39.2 Å². The van der Waals surface area contributed by atoms with Crippen molar-refractivity contribution in [2.24, 2.45) is 17.3 Å². The van der Waals surface area contributed by atoms with Gasteiger partial charge in [-0.15, -0.1) is 11.3 Å². The molecule has 0 spiro atoms. The Balaban J connectivity index is 2.39. The molecule has 0 radical (unpaired) electrons. The van der Waals surface area contributed by atoms with Crippen LogP contribution in [0.4, 0.5) is 0 Å². The number of nitrogens with zero attached hydrogens (tertiary/aromatic N) is 1. The highest BCUT2D eigenvalue weighted by atomic mass is 127. The average molecular weight is 635 g/mol. The van der Waals surface area contributed by atoms with Gasteiger partial charge < -0.3 is 20.6 Å². The third-order valence-electron chi connectivity index (χ3n) is 7.73. The van der Waals surface area contributed by atoms with Gasteiger partial charge in [0, 0.05) is 14.7 Å². The molecule has 36 heavy (non-hydrogen) atoms. The Morgan fingerprint density at radius 2 is 1.83 bits per heavy atom. The van der Waals surface area contributed by atoms with Crippen LogP contribution in [0.3, 0.4) is 0 Å². The van der Waals surface area contributed by atoms with Gasteiger partial charge >= 0.3 is 0 Å². The fourth-order valence-electron chi connectivity index (χ4n) is 4.80. The quantitative estimate of drug-likeness (QED) is 0.282. The number of aliphatic hydroxyl groups excluding tert-OH is 3. The van der Waals surface area contributed by atoms with E-state index in [1.54, 1.807) is 32.1 Å². The van der Waals surface area contributed by atoms with E-state index in [-0.39, 0.29) is 18.1 Å². The van der Waals surface area contributed by atoms with E-state index in [9.17, 15) is 24.9 Å². The van der Waals surface area contributed by atoms with Crippen molar-refractivity contribution in [2.75, 3.05) is 0 Å². The number of hydrogen-bond acceptors (Lipinski definition) is 7. The second-order valence-electron chi connectivity index (χ2n) is 11.3. The number of Topliss-reactive ketones (excluding diaryl/α,β-unsaturated/α-hetero) is 1. The number of hydrogen-bond donors (Lipinski definition) is 4. The Labute approximate surface area is 233 Å². The van der Waals surface area contributed by atoms with Crippen molar-refractivity contribution in [3.8, 4) is 0 Å². The van der Waals surface area contributed by atoms with Crippen molar-refractivity contribution in [2.45, 2.75) is 108 Å². The van der Waals surface area contributed by atoms with Crippen LogP contribution >= 0.6 is 33.9 Å². The van der Waals surface area contributed by atoms with Gasteiger partial charge in [0.15, 0.2) is 0 Å². The van der Waals surface area contributed by atoms with Crippen LogP contribution < -0.4 is 5.32 Å². The summed E-state index contributed by atoms with van der Waals surface area (Å²) in [5, 5.41) is 38.9. The lowest BCUT2D eigenvalue weighted by atomic mass is 9.72. The molecule has 2 rings (SSSR count). The Kier molecular flexibility index (Phi) is 11.1. The summed E-state index contributed by atoms with van der Waals surface area (Å²) >= 11 is 3.83. The molecule has 7 atom stereocenters. The largest absolute Gasteiger partial charge is 0.392 e. The Hall–Kier alpha value is -0.880. The van der Waals surface area contributed by atoms with E-state index in [0.29, 0.717) is 6.42 Å². The Morgan fingerprint density at radius 1 is 1.19 bits per heavy atom. The summed E-state index contributed by atoms with van der Waals surface area (Å²) in [6, 6.07) is -0.456. The number of amides is 1. The van der Waals surface area contributed by atoms with Gasteiger partial charge in [-0.1, -0.05) is 56.7 Å². The molecule has 0 bridgehead atoms. The molecule has 0 saturated carbocycles. The van der Waals surface area contributed by atoms with Gasteiger partial charge in [-0.3, -0.25) is 9.59 Å². The van der Waals surface area contributed by atoms with E-state index in [2.05, 4.69) is 32.9 Å². The SMILES string of the molecule is C/C(=C\c1csc(C)n1)[C@@H]1C[C@H](O)[C@](C)(I)CCC[C@H](C)[C@H](O)[C@@H](C)C(=O)C(C)(C)[C@@H](O)CC(=O)N1.